The summed E-state index contributed by atoms with van der Waals surface area (Å²) in [5.74, 6) is -0.347. The minimum Gasteiger partial charge on any atom is -0.457 e. The van der Waals surface area contributed by atoms with Crippen LogP contribution in [0.4, 0.5) is 5.69 Å². The number of nitrogens with zero attached hydrogens (tertiary/aromatic N) is 2. The number of ether oxygens (including phenoxy) is 1. The molecule has 4 aromatic rings. The Morgan fingerprint density at radius 1 is 1.03 bits per heavy atom. The van der Waals surface area contributed by atoms with E-state index in [4.69, 9.17) is 10.5 Å². The monoisotopic (exact) mass is 453 g/mol. The number of hydrogen-bond donors (Lipinski definition) is 1. The predicted octanol–water partition coefficient (Wildman–Crippen LogP) is 4.87. The van der Waals surface area contributed by atoms with Crippen LogP contribution >= 0.6 is 0 Å². The summed E-state index contributed by atoms with van der Waals surface area (Å²) in [7, 11) is 0. The highest BCUT2D eigenvalue weighted by atomic mass is 16.5. The second kappa shape index (κ2) is 10.3. The molecule has 6 nitrogen and oxygen atoms in total. The summed E-state index contributed by atoms with van der Waals surface area (Å²) in [4.78, 5) is 30.3. The topological polar surface area (TPSA) is 85.5 Å². The lowest BCUT2D eigenvalue weighted by molar-refractivity contribution is -0.107. The molecule has 1 unspecified atom stereocenters. The van der Waals surface area contributed by atoms with Gasteiger partial charge in [0, 0.05) is 30.0 Å². The molecule has 0 fully saturated rings. The standard InChI is InChI=1S/C28H27N3O3/c1-19-3-10-26(20(2)13-19)28(33)34-17-21-4-6-22(7-5-21)27(15-29)31(18-32)25-9-8-24-16-30-12-11-23(24)14-25/h3-14,16,18,27H,15,17,29H2,1-2H3. The molecule has 172 valence electrons. The fourth-order valence-electron chi connectivity index (χ4n) is 4.06. The molecule has 2 N–H and O–H groups in total. The Morgan fingerprint density at radius 2 is 1.82 bits per heavy atom. The van der Waals surface area contributed by atoms with Gasteiger partial charge in [0.25, 0.3) is 0 Å². The molecule has 1 aromatic heterocycles. The number of esters is 1. The number of hydrogen-bond acceptors (Lipinski definition) is 5. The summed E-state index contributed by atoms with van der Waals surface area (Å²) in [6.45, 7) is 4.31. The maximum Gasteiger partial charge on any atom is 0.338 e. The zero-order valence-electron chi connectivity index (χ0n) is 19.3. The number of rotatable bonds is 8. The van der Waals surface area contributed by atoms with Crippen LogP contribution in [-0.4, -0.2) is 23.9 Å². The van der Waals surface area contributed by atoms with Crippen molar-refractivity contribution in [3.05, 3.63) is 107 Å². The van der Waals surface area contributed by atoms with E-state index >= 15 is 0 Å². The molecule has 0 aliphatic carbocycles. The molecule has 0 aliphatic heterocycles. The van der Waals surface area contributed by atoms with Crippen LogP contribution < -0.4 is 10.6 Å². The molecule has 0 aliphatic rings. The highest BCUT2D eigenvalue weighted by Gasteiger charge is 2.20. The minimum atomic E-state index is -0.347. The lowest BCUT2D eigenvalue weighted by Crippen LogP contribution is -2.32. The summed E-state index contributed by atoms with van der Waals surface area (Å²) >= 11 is 0. The Hall–Kier alpha value is -4.03. The molecule has 0 saturated heterocycles. The van der Waals surface area contributed by atoms with Crippen molar-refractivity contribution >= 4 is 28.8 Å². The van der Waals surface area contributed by atoms with E-state index in [1.807, 2.05) is 74.5 Å². The molecular formula is C28H27N3O3. The lowest BCUT2D eigenvalue weighted by atomic mass is 10.0. The van der Waals surface area contributed by atoms with E-state index in [-0.39, 0.29) is 25.2 Å². The number of carbonyl (C=O) groups excluding carboxylic acids is 2. The molecule has 34 heavy (non-hydrogen) atoms. The average molecular weight is 454 g/mol. The van der Waals surface area contributed by atoms with Crippen molar-refractivity contribution in [2.75, 3.05) is 11.4 Å². The average Bonchev–Trinajstić information content (AvgIpc) is 2.86. The minimum absolute atomic E-state index is 0.163. The van der Waals surface area contributed by atoms with Gasteiger partial charge in [0.2, 0.25) is 6.41 Å². The van der Waals surface area contributed by atoms with Crippen LogP contribution in [0.25, 0.3) is 10.8 Å². The van der Waals surface area contributed by atoms with Crippen LogP contribution in [0.3, 0.4) is 0 Å². The van der Waals surface area contributed by atoms with Crippen LogP contribution in [0.5, 0.6) is 0 Å². The molecule has 0 spiro atoms. The number of benzene rings is 3. The Bertz CT molecular complexity index is 1320. The highest BCUT2D eigenvalue weighted by molar-refractivity contribution is 5.91. The molecule has 6 heteroatoms. The van der Waals surface area contributed by atoms with Gasteiger partial charge >= 0.3 is 5.97 Å². The fourth-order valence-corrected chi connectivity index (χ4v) is 4.06. The Balaban J connectivity index is 1.48. The van der Waals surface area contributed by atoms with Gasteiger partial charge in [-0.3, -0.25) is 9.78 Å². The fraction of sp³-hybridized carbons (Fsp3) is 0.179. The first-order valence-corrected chi connectivity index (χ1v) is 11.1. The molecule has 1 heterocycles. The number of carbonyl (C=O) groups is 2. The summed E-state index contributed by atoms with van der Waals surface area (Å²) in [6.07, 6.45) is 4.32. The quantitative estimate of drug-likeness (QED) is 0.304. The first-order valence-electron chi connectivity index (χ1n) is 11.1. The van der Waals surface area contributed by atoms with Crippen molar-refractivity contribution in [3.8, 4) is 0 Å². The number of fused-ring (bicyclic) bond motifs is 1. The third-order valence-electron chi connectivity index (χ3n) is 5.93. The predicted molar refractivity (Wildman–Crippen MR) is 134 cm³/mol. The summed E-state index contributed by atoms with van der Waals surface area (Å²) in [6, 6.07) is 20.6. The highest BCUT2D eigenvalue weighted by Crippen LogP contribution is 2.28. The SMILES string of the molecule is Cc1ccc(C(=O)OCc2ccc(C(CN)N(C=O)c3ccc4cnccc4c3)cc2)c(C)c1. The van der Waals surface area contributed by atoms with Crippen LogP contribution in [0.2, 0.25) is 0 Å². The smallest absolute Gasteiger partial charge is 0.338 e. The first kappa shape index (κ1) is 23.1. The van der Waals surface area contributed by atoms with Gasteiger partial charge < -0.3 is 15.4 Å². The third-order valence-corrected chi connectivity index (χ3v) is 5.93. The number of anilines is 1. The van der Waals surface area contributed by atoms with Crippen molar-refractivity contribution in [1.82, 2.24) is 4.98 Å². The van der Waals surface area contributed by atoms with Crippen molar-refractivity contribution in [3.63, 3.8) is 0 Å². The van der Waals surface area contributed by atoms with E-state index in [1.165, 1.54) is 0 Å². The van der Waals surface area contributed by atoms with Gasteiger partial charge in [-0.1, -0.05) is 48.0 Å². The van der Waals surface area contributed by atoms with Gasteiger partial charge in [-0.05, 0) is 60.2 Å². The summed E-state index contributed by atoms with van der Waals surface area (Å²) < 4.78 is 5.51. The number of aryl methyl sites for hydroxylation is 2. The molecule has 0 saturated carbocycles. The Labute approximate surface area is 199 Å². The van der Waals surface area contributed by atoms with E-state index in [0.29, 0.717) is 5.56 Å². The largest absolute Gasteiger partial charge is 0.457 e. The van der Waals surface area contributed by atoms with Crippen LogP contribution in [0.15, 0.2) is 79.1 Å². The van der Waals surface area contributed by atoms with Gasteiger partial charge in [0.05, 0.1) is 11.6 Å². The van der Waals surface area contributed by atoms with Crippen LogP contribution in [-0.2, 0) is 16.1 Å². The lowest BCUT2D eigenvalue weighted by Gasteiger charge is -2.28. The maximum atomic E-state index is 12.5. The normalized spacial score (nSPS) is 11.7. The van der Waals surface area contributed by atoms with Gasteiger partial charge in [-0.25, -0.2) is 4.79 Å². The second-order valence-electron chi connectivity index (χ2n) is 8.31. The van der Waals surface area contributed by atoms with Gasteiger partial charge in [-0.2, -0.15) is 0 Å². The molecule has 1 amide bonds. The Morgan fingerprint density at radius 3 is 2.53 bits per heavy atom. The van der Waals surface area contributed by atoms with Crippen molar-refractivity contribution < 1.29 is 14.3 Å². The number of nitrogens with two attached hydrogens (primary N) is 1. The van der Waals surface area contributed by atoms with Gasteiger partial charge in [-0.15, -0.1) is 0 Å². The van der Waals surface area contributed by atoms with Crippen LogP contribution in [0, 0.1) is 13.8 Å². The van der Waals surface area contributed by atoms with Crippen molar-refractivity contribution in [2.45, 2.75) is 26.5 Å². The van der Waals surface area contributed by atoms with E-state index < -0.39 is 0 Å². The zero-order valence-corrected chi connectivity index (χ0v) is 19.3. The second-order valence-corrected chi connectivity index (χ2v) is 8.31. The summed E-state index contributed by atoms with van der Waals surface area (Å²) in [5, 5.41) is 2.00. The third kappa shape index (κ3) is 4.97. The number of pyridine rings is 1. The Kier molecular flexibility index (Phi) is 6.99. The summed E-state index contributed by atoms with van der Waals surface area (Å²) in [5.41, 5.74) is 11.2. The van der Waals surface area contributed by atoms with Gasteiger partial charge in [0.1, 0.15) is 6.61 Å². The molecule has 1 atom stereocenters. The van der Waals surface area contributed by atoms with E-state index in [0.717, 1.165) is 45.1 Å². The first-order chi connectivity index (χ1) is 16.5. The zero-order chi connectivity index (χ0) is 24.1. The maximum absolute atomic E-state index is 12.5. The molecule has 0 radical (unpaired) electrons. The van der Waals surface area contributed by atoms with E-state index in [1.54, 1.807) is 23.4 Å². The molecule has 0 bridgehead atoms. The van der Waals surface area contributed by atoms with Crippen molar-refractivity contribution in [2.24, 2.45) is 5.73 Å². The van der Waals surface area contributed by atoms with Gasteiger partial charge in [0.15, 0.2) is 0 Å². The molecule has 4 rings (SSSR count). The van der Waals surface area contributed by atoms with E-state index in [2.05, 4.69) is 4.98 Å². The number of aromatic nitrogens is 1. The molecular weight excluding hydrogens is 426 g/mol. The molecule has 3 aromatic carbocycles. The van der Waals surface area contributed by atoms with Crippen molar-refractivity contribution in [1.29, 1.82) is 0 Å². The number of amides is 1. The van der Waals surface area contributed by atoms with E-state index in [9.17, 15) is 9.59 Å². The van der Waals surface area contributed by atoms with Crippen LogP contribution in [0.1, 0.15) is 38.7 Å².